The second-order valence-electron chi connectivity index (χ2n) is 6.43. The number of nitrogens with one attached hydrogen (secondary N) is 1. The first-order valence-corrected chi connectivity index (χ1v) is 9.55. The highest BCUT2D eigenvalue weighted by Crippen LogP contribution is 2.24. The Morgan fingerprint density at radius 2 is 1.81 bits per heavy atom. The summed E-state index contributed by atoms with van der Waals surface area (Å²) in [7, 11) is -1.12. The molecular formula is C14H30N4O2S. The van der Waals surface area contributed by atoms with Crippen molar-refractivity contribution in [2.75, 3.05) is 52.9 Å². The van der Waals surface area contributed by atoms with Crippen LogP contribution in [0.15, 0.2) is 0 Å². The Morgan fingerprint density at radius 3 is 2.38 bits per heavy atom. The zero-order chi connectivity index (χ0) is 15.5. The molecule has 2 aliphatic heterocycles. The van der Waals surface area contributed by atoms with Crippen LogP contribution in [0.5, 0.6) is 0 Å². The standard InChI is InChI=1S/C14H30N4O2S/c1-4-6-15-21(19,20)18-7-5-14(13(2)12-18)17-10-8-16(3)9-11-17/h13-15H,4-12H2,1-3H3. The quantitative estimate of drug-likeness (QED) is 0.786. The summed E-state index contributed by atoms with van der Waals surface area (Å²) in [6, 6.07) is 0.524. The van der Waals surface area contributed by atoms with Gasteiger partial charge in [0.05, 0.1) is 0 Å². The molecule has 0 aromatic rings. The maximum Gasteiger partial charge on any atom is 0.279 e. The molecular weight excluding hydrogens is 288 g/mol. The monoisotopic (exact) mass is 318 g/mol. The Kier molecular flexibility index (Phi) is 6.02. The van der Waals surface area contributed by atoms with Gasteiger partial charge >= 0.3 is 0 Å². The topological polar surface area (TPSA) is 55.9 Å². The fraction of sp³-hybridized carbons (Fsp3) is 1.00. The number of rotatable bonds is 5. The van der Waals surface area contributed by atoms with Crippen LogP contribution in [0.25, 0.3) is 0 Å². The molecule has 0 spiro atoms. The van der Waals surface area contributed by atoms with Gasteiger partial charge in [-0.15, -0.1) is 0 Å². The molecule has 124 valence electrons. The van der Waals surface area contributed by atoms with Crippen LogP contribution in [0, 0.1) is 5.92 Å². The van der Waals surface area contributed by atoms with Crippen LogP contribution in [0.3, 0.4) is 0 Å². The lowest BCUT2D eigenvalue weighted by Crippen LogP contribution is -2.57. The molecule has 2 unspecified atom stereocenters. The molecule has 0 aliphatic carbocycles. The lowest BCUT2D eigenvalue weighted by atomic mass is 9.93. The van der Waals surface area contributed by atoms with Crippen LogP contribution in [0.4, 0.5) is 0 Å². The van der Waals surface area contributed by atoms with Crippen molar-refractivity contribution in [3.05, 3.63) is 0 Å². The Morgan fingerprint density at radius 1 is 1.14 bits per heavy atom. The molecule has 2 heterocycles. The van der Waals surface area contributed by atoms with Gasteiger partial charge in [-0.1, -0.05) is 13.8 Å². The van der Waals surface area contributed by atoms with Crippen molar-refractivity contribution in [2.24, 2.45) is 5.92 Å². The van der Waals surface area contributed by atoms with Gasteiger partial charge in [0.15, 0.2) is 0 Å². The van der Waals surface area contributed by atoms with E-state index in [4.69, 9.17) is 0 Å². The van der Waals surface area contributed by atoms with Crippen LogP contribution < -0.4 is 4.72 Å². The summed E-state index contributed by atoms with van der Waals surface area (Å²) in [6.45, 7) is 10.4. The number of piperidine rings is 1. The van der Waals surface area contributed by atoms with E-state index < -0.39 is 10.2 Å². The van der Waals surface area contributed by atoms with Gasteiger partial charge in [0.2, 0.25) is 0 Å². The molecule has 2 rings (SSSR count). The van der Waals surface area contributed by atoms with Crippen molar-refractivity contribution in [3.8, 4) is 0 Å². The summed E-state index contributed by atoms with van der Waals surface area (Å²) in [5.74, 6) is 0.389. The lowest BCUT2D eigenvalue weighted by molar-refractivity contribution is 0.0536. The molecule has 2 atom stereocenters. The van der Waals surface area contributed by atoms with Crippen molar-refractivity contribution < 1.29 is 8.42 Å². The van der Waals surface area contributed by atoms with E-state index in [1.807, 2.05) is 6.92 Å². The van der Waals surface area contributed by atoms with E-state index in [1.165, 1.54) is 0 Å². The van der Waals surface area contributed by atoms with Crippen LogP contribution >= 0.6 is 0 Å². The third kappa shape index (κ3) is 4.39. The molecule has 2 fully saturated rings. The maximum absolute atomic E-state index is 12.2. The normalized spacial score (nSPS) is 30.6. The van der Waals surface area contributed by atoms with Crippen LogP contribution in [0.2, 0.25) is 0 Å². The average Bonchev–Trinajstić information content (AvgIpc) is 2.46. The molecule has 1 N–H and O–H groups in total. The van der Waals surface area contributed by atoms with E-state index in [9.17, 15) is 8.42 Å². The smallest absolute Gasteiger partial charge is 0.279 e. The molecule has 2 saturated heterocycles. The van der Waals surface area contributed by atoms with E-state index in [2.05, 4.69) is 28.5 Å². The largest absolute Gasteiger partial charge is 0.304 e. The third-order valence-electron chi connectivity index (χ3n) is 4.70. The zero-order valence-electron chi connectivity index (χ0n) is 13.6. The molecule has 0 bridgehead atoms. The van der Waals surface area contributed by atoms with E-state index in [1.54, 1.807) is 4.31 Å². The lowest BCUT2D eigenvalue weighted by Gasteiger charge is -2.44. The Balaban J connectivity index is 1.90. The Bertz CT molecular complexity index is 421. The number of nitrogens with zero attached hydrogens (tertiary/aromatic N) is 3. The minimum atomic E-state index is -3.28. The van der Waals surface area contributed by atoms with E-state index in [-0.39, 0.29) is 0 Å². The Labute approximate surface area is 129 Å². The first kappa shape index (κ1) is 17.1. The second-order valence-corrected chi connectivity index (χ2v) is 8.19. The highest BCUT2D eigenvalue weighted by atomic mass is 32.2. The van der Waals surface area contributed by atoms with Gasteiger partial charge in [-0.3, -0.25) is 4.90 Å². The van der Waals surface area contributed by atoms with Gasteiger partial charge < -0.3 is 4.90 Å². The minimum absolute atomic E-state index is 0.389. The van der Waals surface area contributed by atoms with Crippen LogP contribution in [-0.4, -0.2) is 81.4 Å². The SMILES string of the molecule is CCCNS(=O)(=O)N1CCC(N2CCN(C)CC2)C(C)C1. The third-order valence-corrected chi connectivity index (χ3v) is 6.28. The molecule has 0 radical (unpaired) electrons. The summed E-state index contributed by atoms with van der Waals surface area (Å²) < 4.78 is 28.7. The van der Waals surface area contributed by atoms with E-state index >= 15 is 0 Å². The molecule has 0 amide bonds. The summed E-state index contributed by atoms with van der Waals surface area (Å²) in [6.07, 6.45) is 1.77. The van der Waals surface area contributed by atoms with Crippen molar-refractivity contribution in [1.82, 2.24) is 18.8 Å². The molecule has 0 saturated carbocycles. The molecule has 2 aliphatic rings. The predicted molar refractivity (Wildman–Crippen MR) is 85.4 cm³/mol. The summed E-state index contributed by atoms with van der Waals surface area (Å²) in [5.41, 5.74) is 0. The molecule has 0 aromatic heterocycles. The van der Waals surface area contributed by atoms with E-state index in [0.29, 0.717) is 31.6 Å². The van der Waals surface area contributed by atoms with Gasteiger partial charge in [0.1, 0.15) is 0 Å². The van der Waals surface area contributed by atoms with Crippen molar-refractivity contribution in [1.29, 1.82) is 0 Å². The average molecular weight is 318 g/mol. The number of hydrogen-bond acceptors (Lipinski definition) is 4. The first-order valence-electron chi connectivity index (χ1n) is 8.11. The second kappa shape index (κ2) is 7.37. The van der Waals surface area contributed by atoms with Gasteiger partial charge in [-0.2, -0.15) is 12.7 Å². The summed E-state index contributed by atoms with van der Waals surface area (Å²) in [4.78, 5) is 4.91. The maximum atomic E-state index is 12.2. The minimum Gasteiger partial charge on any atom is -0.304 e. The van der Waals surface area contributed by atoms with Crippen LogP contribution in [-0.2, 0) is 10.2 Å². The van der Waals surface area contributed by atoms with Crippen molar-refractivity contribution in [3.63, 3.8) is 0 Å². The predicted octanol–water partition coefficient (Wildman–Crippen LogP) is 0.189. The fourth-order valence-corrected chi connectivity index (χ4v) is 4.75. The number of likely N-dealkylation sites (N-methyl/N-ethyl adjacent to an activating group) is 1. The highest BCUT2D eigenvalue weighted by Gasteiger charge is 2.35. The van der Waals surface area contributed by atoms with Crippen molar-refractivity contribution in [2.45, 2.75) is 32.7 Å². The highest BCUT2D eigenvalue weighted by molar-refractivity contribution is 7.87. The Hall–Kier alpha value is -0.210. The molecule has 0 aromatic carbocycles. The molecule has 7 heteroatoms. The summed E-state index contributed by atoms with van der Waals surface area (Å²) >= 11 is 0. The zero-order valence-corrected chi connectivity index (χ0v) is 14.4. The molecule has 21 heavy (non-hydrogen) atoms. The van der Waals surface area contributed by atoms with Crippen molar-refractivity contribution >= 4 is 10.2 Å². The fourth-order valence-electron chi connectivity index (χ4n) is 3.33. The van der Waals surface area contributed by atoms with Gasteiger partial charge in [-0.25, -0.2) is 4.72 Å². The molecule has 6 nitrogen and oxygen atoms in total. The first-order chi connectivity index (χ1) is 9.94. The van der Waals surface area contributed by atoms with E-state index in [0.717, 1.165) is 39.0 Å². The summed E-state index contributed by atoms with van der Waals surface area (Å²) in [5, 5.41) is 0. The van der Waals surface area contributed by atoms with Gasteiger partial charge in [0, 0.05) is 51.9 Å². The van der Waals surface area contributed by atoms with Gasteiger partial charge in [0.25, 0.3) is 10.2 Å². The number of hydrogen-bond donors (Lipinski definition) is 1. The van der Waals surface area contributed by atoms with Gasteiger partial charge in [-0.05, 0) is 25.8 Å². The van der Waals surface area contributed by atoms with Crippen LogP contribution in [0.1, 0.15) is 26.7 Å². The number of piperazine rings is 1.